The summed E-state index contributed by atoms with van der Waals surface area (Å²) in [6, 6.07) is 0. The number of hydrogen-bond acceptors (Lipinski definition) is 5. The van der Waals surface area contributed by atoms with Crippen LogP contribution in [0.15, 0.2) is 4.90 Å². The summed E-state index contributed by atoms with van der Waals surface area (Å²) in [6.07, 6.45) is 0.721. The smallest absolute Gasteiger partial charge is 0.275 e. The Morgan fingerprint density at radius 2 is 2.19 bits per heavy atom. The SMILES string of the molecule is COC1CN(C(=O)c2n[nH]c(C)c2S(N)(=O)=O)CCC1C. The lowest BCUT2D eigenvalue weighted by Crippen LogP contribution is -2.47. The second-order valence-corrected chi connectivity index (χ2v) is 6.86. The molecule has 2 heterocycles. The molecule has 8 nitrogen and oxygen atoms in total. The first-order valence-corrected chi connectivity index (χ1v) is 8.20. The van der Waals surface area contributed by atoms with E-state index in [0.29, 0.717) is 19.0 Å². The summed E-state index contributed by atoms with van der Waals surface area (Å²) in [4.78, 5) is 13.8. The van der Waals surface area contributed by atoms with Crippen LogP contribution in [0.5, 0.6) is 0 Å². The number of methoxy groups -OCH3 is 1. The standard InChI is InChI=1S/C12H20N4O4S/c1-7-4-5-16(6-9(7)20-3)12(17)10-11(21(13,18)19)8(2)14-15-10/h7,9H,4-6H2,1-3H3,(H,14,15)(H2,13,18,19). The molecule has 0 aliphatic carbocycles. The second-order valence-electron chi connectivity index (χ2n) is 5.36. The molecule has 2 atom stereocenters. The highest BCUT2D eigenvalue weighted by atomic mass is 32.2. The highest BCUT2D eigenvalue weighted by Crippen LogP contribution is 2.23. The minimum Gasteiger partial charge on any atom is -0.379 e. The second kappa shape index (κ2) is 5.74. The topological polar surface area (TPSA) is 118 Å². The van der Waals surface area contributed by atoms with Crippen LogP contribution in [0.1, 0.15) is 29.5 Å². The quantitative estimate of drug-likeness (QED) is 0.804. The van der Waals surface area contributed by atoms with Crippen molar-refractivity contribution in [3.63, 3.8) is 0 Å². The molecule has 0 radical (unpaired) electrons. The van der Waals surface area contributed by atoms with Gasteiger partial charge in [0.15, 0.2) is 5.69 Å². The van der Waals surface area contributed by atoms with Gasteiger partial charge in [-0.2, -0.15) is 5.10 Å². The summed E-state index contributed by atoms with van der Waals surface area (Å²) >= 11 is 0. The first-order valence-electron chi connectivity index (χ1n) is 6.65. The zero-order valence-electron chi connectivity index (χ0n) is 12.3. The third-order valence-corrected chi connectivity index (χ3v) is 4.93. The number of nitrogens with zero attached hydrogens (tertiary/aromatic N) is 2. The number of hydrogen-bond donors (Lipinski definition) is 2. The van der Waals surface area contributed by atoms with Crippen LogP contribution in [-0.4, -0.2) is 55.7 Å². The van der Waals surface area contributed by atoms with Gasteiger partial charge in [-0.25, -0.2) is 13.6 Å². The Balaban J connectivity index is 2.30. The maximum Gasteiger partial charge on any atom is 0.275 e. The molecule has 0 aromatic carbocycles. The predicted molar refractivity (Wildman–Crippen MR) is 75.2 cm³/mol. The lowest BCUT2D eigenvalue weighted by molar-refractivity contribution is -0.00191. The summed E-state index contributed by atoms with van der Waals surface area (Å²) in [5.74, 6) is -0.102. The highest BCUT2D eigenvalue weighted by Gasteiger charge is 2.33. The van der Waals surface area contributed by atoms with Crippen LogP contribution >= 0.6 is 0 Å². The van der Waals surface area contributed by atoms with E-state index in [2.05, 4.69) is 17.1 Å². The van der Waals surface area contributed by atoms with Gasteiger partial charge in [0.2, 0.25) is 10.0 Å². The Hall–Kier alpha value is -1.45. The maximum atomic E-state index is 12.5. The van der Waals surface area contributed by atoms with Crippen molar-refractivity contribution < 1.29 is 17.9 Å². The van der Waals surface area contributed by atoms with Crippen molar-refractivity contribution in [2.75, 3.05) is 20.2 Å². The molecule has 3 N–H and O–H groups in total. The molecule has 1 amide bonds. The monoisotopic (exact) mass is 316 g/mol. The number of carbonyl (C=O) groups excluding carboxylic acids is 1. The van der Waals surface area contributed by atoms with E-state index in [0.717, 1.165) is 6.42 Å². The number of aryl methyl sites for hydroxylation is 1. The fraction of sp³-hybridized carbons (Fsp3) is 0.667. The fourth-order valence-electron chi connectivity index (χ4n) is 2.59. The number of carbonyl (C=O) groups is 1. The average Bonchev–Trinajstić information content (AvgIpc) is 2.80. The third kappa shape index (κ3) is 3.09. The number of primary sulfonamides is 1. The van der Waals surface area contributed by atoms with Gasteiger partial charge in [-0.1, -0.05) is 6.92 Å². The van der Waals surface area contributed by atoms with E-state index in [1.165, 1.54) is 6.92 Å². The van der Waals surface area contributed by atoms with Crippen molar-refractivity contribution in [2.24, 2.45) is 11.1 Å². The number of rotatable bonds is 3. The van der Waals surface area contributed by atoms with E-state index < -0.39 is 15.9 Å². The van der Waals surface area contributed by atoms with Gasteiger partial charge in [0.1, 0.15) is 4.90 Å². The third-order valence-electron chi connectivity index (χ3n) is 3.86. The van der Waals surface area contributed by atoms with Crippen molar-refractivity contribution in [2.45, 2.75) is 31.3 Å². The number of amides is 1. The van der Waals surface area contributed by atoms with Crippen LogP contribution in [0.4, 0.5) is 0 Å². The van der Waals surface area contributed by atoms with Crippen LogP contribution < -0.4 is 5.14 Å². The molecule has 2 unspecified atom stereocenters. The predicted octanol–water partition coefficient (Wildman–Crippen LogP) is -0.137. The molecule has 2 rings (SSSR count). The van der Waals surface area contributed by atoms with E-state index in [4.69, 9.17) is 9.88 Å². The van der Waals surface area contributed by atoms with Gasteiger partial charge in [0, 0.05) is 20.2 Å². The van der Waals surface area contributed by atoms with E-state index >= 15 is 0 Å². The molecule has 0 saturated carbocycles. The molecule has 1 aliphatic heterocycles. The number of piperidine rings is 1. The van der Waals surface area contributed by atoms with Crippen LogP contribution in [0, 0.1) is 12.8 Å². The van der Waals surface area contributed by atoms with Gasteiger partial charge in [-0.15, -0.1) is 0 Å². The number of H-pyrrole nitrogens is 1. The zero-order chi connectivity index (χ0) is 15.8. The number of nitrogens with one attached hydrogen (secondary N) is 1. The van der Waals surface area contributed by atoms with Crippen molar-refractivity contribution in [1.29, 1.82) is 0 Å². The molecule has 118 valence electrons. The Morgan fingerprint density at radius 1 is 1.52 bits per heavy atom. The largest absolute Gasteiger partial charge is 0.379 e. The maximum absolute atomic E-state index is 12.5. The first-order chi connectivity index (χ1) is 9.75. The number of ether oxygens (including phenoxy) is 1. The van der Waals surface area contributed by atoms with Crippen LogP contribution in [0.2, 0.25) is 0 Å². The van der Waals surface area contributed by atoms with E-state index in [-0.39, 0.29) is 22.4 Å². The molecule has 1 saturated heterocycles. The molecule has 0 bridgehead atoms. The van der Waals surface area contributed by atoms with Gasteiger partial charge in [0.05, 0.1) is 11.8 Å². The van der Waals surface area contributed by atoms with Gasteiger partial charge < -0.3 is 9.64 Å². The van der Waals surface area contributed by atoms with Gasteiger partial charge in [-0.3, -0.25) is 9.89 Å². The molecule has 0 spiro atoms. The Kier molecular flexibility index (Phi) is 4.35. The number of likely N-dealkylation sites (tertiary alicyclic amines) is 1. The molecule has 9 heteroatoms. The molecule has 1 fully saturated rings. The Morgan fingerprint density at radius 3 is 2.76 bits per heavy atom. The number of aromatic amines is 1. The van der Waals surface area contributed by atoms with Crippen LogP contribution in [0.3, 0.4) is 0 Å². The van der Waals surface area contributed by atoms with Crippen LogP contribution in [0.25, 0.3) is 0 Å². The Bertz CT molecular complexity index is 640. The first kappa shape index (κ1) is 15.9. The lowest BCUT2D eigenvalue weighted by atomic mass is 9.95. The molecular formula is C12H20N4O4S. The highest BCUT2D eigenvalue weighted by molar-refractivity contribution is 7.89. The van der Waals surface area contributed by atoms with Gasteiger partial charge in [-0.05, 0) is 19.3 Å². The summed E-state index contributed by atoms with van der Waals surface area (Å²) in [7, 11) is -2.41. The summed E-state index contributed by atoms with van der Waals surface area (Å²) in [5, 5.41) is 11.5. The molecular weight excluding hydrogens is 296 g/mol. The van der Waals surface area contributed by atoms with E-state index in [1.807, 2.05) is 0 Å². The molecule has 1 aromatic rings. The zero-order valence-corrected chi connectivity index (χ0v) is 13.1. The number of aromatic nitrogens is 2. The summed E-state index contributed by atoms with van der Waals surface area (Å²) in [6.45, 7) is 4.52. The van der Waals surface area contributed by atoms with Crippen molar-refractivity contribution >= 4 is 15.9 Å². The molecule has 1 aliphatic rings. The van der Waals surface area contributed by atoms with Crippen molar-refractivity contribution in [3.8, 4) is 0 Å². The van der Waals surface area contributed by atoms with Gasteiger partial charge >= 0.3 is 0 Å². The van der Waals surface area contributed by atoms with Crippen molar-refractivity contribution in [3.05, 3.63) is 11.4 Å². The normalized spacial score (nSPS) is 23.3. The van der Waals surface area contributed by atoms with Crippen LogP contribution in [-0.2, 0) is 14.8 Å². The van der Waals surface area contributed by atoms with Gasteiger partial charge in [0.25, 0.3) is 5.91 Å². The number of nitrogens with two attached hydrogens (primary N) is 1. The Labute approximate surface area is 123 Å². The minimum absolute atomic E-state index is 0.0688. The molecule has 1 aromatic heterocycles. The van der Waals surface area contributed by atoms with Crippen molar-refractivity contribution in [1.82, 2.24) is 15.1 Å². The van der Waals surface area contributed by atoms with E-state index in [9.17, 15) is 13.2 Å². The van der Waals surface area contributed by atoms with E-state index in [1.54, 1.807) is 12.0 Å². The minimum atomic E-state index is -4.01. The molecule has 21 heavy (non-hydrogen) atoms. The summed E-state index contributed by atoms with van der Waals surface area (Å²) < 4.78 is 28.6. The fourth-order valence-corrected chi connectivity index (χ4v) is 3.46. The average molecular weight is 316 g/mol. The summed E-state index contributed by atoms with van der Waals surface area (Å²) in [5.41, 5.74) is 0.105. The lowest BCUT2D eigenvalue weighted by Gasteiger charge is -2.35. The number of sulfonamides is 1.